The molecule has 0 bridgehead atoms. The second-order valence-electron chi connectivity index (χ2n) is 10.2. The summed E-state index contributed by atoms with van der Waals surface area (Å²) in [6.07, 6.45) is 2.10. The average Bonchev–Trinajstić information content (AvgIpc) is 3.54. The Hall–Kier alpha value is -4.57. The summed E-state index contributed by atoms with van der Waals surface area (Å²) in [5.41, 5.74) is 1.08. The lowest BCUT2D eigenvalue weighted by molar-refractivity contribution is -0.121. The molecule has 4 heterocycles. The van der Waals surface area contributed by atoms with E-state index in [0.717, 1.165) is 22.5 Å². The van der Waals surface area contributed by atoms with Crippen LogP contribution < -0.4 is 15.2 Å². The first-order valence-corrected chi connectivity index (χ1v) is 14.1. The summed E-state index contributed by atoms with van der Waals surface area (Å²) in [4.78, 5) is 63.8. The van der Waals surface area contributed by atoms with Gasteiger partial charge in [0.1, 0.15) is 17.1 Å². The number of benzene rings is 2. The molecule has 2 aliphatic rings. The van der Waals surface area contributed by atoms with E-state index in [1.54, 1.807) is 42.2 Å². The molecule has 0 saturated carbocycles. The van der Waals surface area contributed by atoms with Crippen LogP contribution in [-0.4, -0.2) is 35.9 Å². The summed E-state index contributed by atoms with van der Waals surface area (Å²) >= 11 is 0.927. The normalized spacial score (nSPS) is 17.5. The number of carbonyl (C=O) groups is 3. The maximum Gasteiger partial charge on any atom is 0.350 e. The third-order valence-corrected chi connectivity index (χ3v) is 8.80. The number of fused-ring (bicyclic) bond motifs is 5. The third kappa shape index (κ3) is 3.56. The second-order valence-corrected chi connectivity index (χ2v) is 11.2. The molecule has 1 atom stereocenters. The summed E-state index contributed by atoms with van der Waals surface area (Å²) in [5.74, 6) is -1.97. The van der Waals surface area contributed by atoms with Crippen LogP contribution >= 0.6 is 11.3 Å². The number of esters is 1. The van der Waals surface area contributed by atoms with Gasteiger partial charge in [0.15, 0.2) is 16.1 Å². The van der Waals surface area contributed by atoms with Crippen LogP contribution in [0.2, 0.25) is 0 Å². The Morgan fingerprint density at radius 3 is 2.61 bits per heavy atom. The number of aryl methyl sites for hydroxylation is 3. The number of hydrogen-bond donors (Lipinski definition) is 0. The van der Waals surface area contributed by atoms with Gasteiger partial charge in [-0.25, -0.2) is 9.78 Å². The quantitative estimate of drug-likeness (QED) is 0.233. The molecule has 6 rings (SSSR count). The third-order valence-electron chi connectivity index (χ3n) is 7.68. The zero-order valence-corrected chi connectivity index (χ0v) is 23.9. The molecule has 208 valence electrons. The van der Waals surface area contributed by atoms with Gasteiger partial charge < -0.3 is 14.1 Å². The highest BCUT2D eigenvalue weighted by Crippen LogP contribution is 2.54. The molecule has 4 aromatic rings. The van der Waals surface area contributed by atoms with Crippen LogP contribution in [0.5, 0.6) is 0 Å². The van der Waals surface area contributed by atoms with Crippen LogP contribution in [0, 0.1) is 20.8 Å². The lowest BCUT2D eigenvalue weighted by atomic mass is 9.84. The van der Waals surface area contributed by atoms with Crippen molar-refractivity contribution < 1.29 is 23.5 Å². The molecule has 1 unspecified atom stereocenters. The van der Waals surface area contributed by atoms with Crippen LogP contribution in [0.1, 0.15) is 61.5 Å². The number of ether oxygens (including phenoxy) is 1. The van der Waals surface area contributed by atoms with Gasteiger partial charge in [-0.1, -0.05) is 49.1 Å². The number of hydrogen-bond acceptors (Lipinski definition) is 8. The summed E-state index contributed by atoms with van der Waals surface area (Å²) < 4.78 is 11.4. The van der Waals surface area contributed by atoms with Crippen molar-refractivity contribution in [2.75, 3.05) is 23.0 Å². The van der Waals surface area contributed by atoms with E-state index in [4.69, 9.17) is 9.15 Å². The van der Waals surface area contributed by atoms with Gasteiger partial charge in [0.05, 0.1) is 22.3 Å². The van der Waals surface area contributed by atoms with E-state index in [2.05, 4.69) is 11.6 Å². The number of rotatable bonds is 6. The van der Waals surface area contributed by atoms with Crippen molar-refractivity contribution in [1.29, 1.82) is 0 Å². The molecule has 0 radical (unpaired) electrons. The molecule has 2 amide bonds. The molecule has 1 spiro atoms. The van der Waals surface area contributed by atoms with Crippen LogP contribution in [0.3, 0.4) is 0 Å². The predicted molar refractivity (Wildman–Crippen MR) is 156 cm³/mol. The molecular weight excluding hydrogens is 542 g/mol. The highest BCUT2D eigenvalue weighted by atomic mass is 32.1. The molecule has 0 fully saturated rings. The van der Waals surface area contributed by atoms with Crippen molar-refractivity contribution in [2.45, 2.75) is 39.7 Å². The molecule has 0 aliphatic carbocycles. The van der Waals surface area contributed by atoms with E-state index < -0.39 is 28.8 Å². The van der Waals surface area contributed by atoms with Gasteiger partial charge in [0.25, 0.3) is 11.8 Å². The minimum atomic E-state index is -1.86. The Morgan fingerprint density at radius 2 is 1.88 bits per heavy atom. The Labute approximate surface area is 239 Å². The highest BCUT2D eigenvalue weighted by molar-refractivity contribution is 7.17. The molecule has 0 N–H and O–H groups in total. The van der Waals surface area contributed by atoms with Crippen molar-refractivity contribution in [2.24, 2.45) is 0 Å². The first-order valence-electron chi connectivity index (χ1n) is 13.3. The molecule has 10 heteroatoms. The minimum absolute atomic E-state index is 0.00517. The summed E-state index contributed by atoms with van der Waals surface area (Å²) in [5, 5.41) is 0.367. The summed E-state index contributed by atoms with van der Waals surface area (Å²) in [7, 11) is 0. The molecule has 9 nitrogen and oxygen atoms in total. The molecular formula is C31H27N3O6S. The van der Waals surface area contributed by atoms with Gasteiger partial charge in [0, 0.05) is 12.1 Å². The lowest BCUT2D eigenvalue weighted by Gasteiger charge is -2.32. The van der Waals surface area contributed by atoms with E-state index in [1.165, 1.54) is 11.0 Å². The molecule has 2 aromatic heterocycles. The van der Waals surface area contributed by atoms with Crippen LogP contribution in [0.25, 0.3) is 11.0 Å². The van der Waals surface area contributed by atoms with E-state index in [1.807, 2.05) is 26.8 Å². The Kier molecular flexibility index (Phi) is 6.18. The number of aromatic nitrogens is 1. The lowest BCUT2D eigenvalue weighted by Crippen LogP contribution is -2.53. The fourth-order valence-corrected chi connectivity index (χ4v) is 6.74. The smallest absolute Gasteiger partial charge is 0.350 e. The maximum absolute atomic E-state index is 14.7. The topological polar surface area (TPSA) is 110 Å². The van der Waals surface area contributed by atoms with Crippen LogP contribution in [0.4, 0.5) is 10.8 Å². The zero-order chi connectivity index (χ0) is 29.2. The first kappa shape index (κ1) is 26.6. The van der Waals surface area contributed by atoms with Crippen molar-refractivity contribution in [3.63, 3.8) is 0 Å². The second kappa shape index (κ2) is 9.52. The van der Waals surface area contributed by atoms with Crippen molar-refractivity contribution in [3.05, 3.63) is 97.9 Å². The Morgan fingerprint density at radius 1 is 1.15 bits per heavy atom. The van der Waals surface area contributed by atoms with Crippen LogP contribution in [0.15, 0.2) is 58.3 Å². The molecule has 41 heavy (non-hydrogen) atoms. The number of thiazole rings is 1. The number of anilines is 2. The van der Waals surface area contributed by atoms with Crippen molar-refractivity contribution >= 4 is 50.9 Å². The van der Waals surface area contributed by atoms with Crippen molar-refractivity contribution in [3.8, 4) is 0 Å². The van der Waals surface area contributed by atoms with E-state index >= 15 is 0 Å². The summed E-state index contributed by atoms with van der Waals surface area (Å²) in [6.45, 7) is 11.3. The van der Waals surface area contributed by atoms with E-state index in [-0.39, 0.29) is 38.9 Å². The standard InChI is InChI=1S/C31H27N3O6S/c1-6-12-33-21-11-9-8-10-20(21)31(29(33)38)23-24(35)19-14-16(3)17(4)15-22(19)40-25(23)27(36)34(31)30-32-18(5)26(41-30)28(37)39-13-7-2/h7-11,14-15H,2,6,12-13H2,1,3-5H3. The SMILES string of the molecule is C=CCOC(=O)c1sc(N2C(=O)c3oc4cc(C)c(C)cc4c(=O)c3C23C(=O)N(CCC)c2ccccc23)nc1C. The Balaban J connectivity index is 1.70. The number of amides is 2. The van der Waals surface area contributed by atoms with E-state index in [0.29, 0.717) is 29.9 Å². The van der Waals surface area contributed by atoms with Gasteiger partial charge in [-0.15, -0.1) is 0 Å². The van der Waals surface area contributed by atoms with Gasteiger partial charge in [-0.3, -0.25) is 19.3 Å². The Bertz CT molecular complexity index is 1870. The van der Waals surface area contributed by atoms with Crippen molar-refractivity contribution in [1.82, 2.24) is 4.98 Å². The fourth-order valence-electron chi connectivity index (χ4n) is 5.73. The zero-order valence-electron chi connectivity index (χ0n) is 23.1. The highest BCUT2D eigenvalue weighted by Gasteiger charge is 2.66. The average molecular weight is 570 g/mol. The molecule has 2 aromatic carbocycles. The number of para-hydroxylation sites is 1. The van der Waals surface area contributed by atoms with E-state index in [9.17, 15) is 19.2 Å². The summed E-state index contributed by atoms with van der Waals surface area (Å²) in [6, 6.07) is 10.6. The van der Waals surface area contributed by atoms with Crippen LogP contribution in [-0.2, 0) is 15.1 Å². The largest absolute Gasteiger partial charge is 0.457 e. The monoisotopic (exact) mass is 569 g/mol. The van der Waals surface area contributed by atoms with Gasteiger partial charge in [0.2, 0.25) is 5.76 Å². The molecule has 2 aliphatic heterocycles. The fraction of sp³-hybridized carbons (Fsp3) is 0.258. The first-order chi connectivity index (χ1) is 19.7. The predicted octanol–water partition coefficient (Wildman–Crippen LogP) is 5.18. The van der Waals surface area contributed by atoms with Gasteiger partial charge >= 0.3 is 5.97 Å². The van der Waals surface area contributed by atoms with Gasteiger partial charge in [-0.05, 0) is 56.5 Å². The molecule has 0 saturated heterocycles. The number of nitrogens with zero attached hydrogens (tertiary/aromatic N) is 3. The maximum atomic E-state index is 14.7. The minimum Gasteiger partial charge on any atom is -0.457 e. The van der Waals surface area contributed by atoms with Gasteiger partial charge in [-0.2, -0.15) is 0 Å². The number of carbonyl (C=O) groups excluding carboxylic acids is 3.